The van der Waals surface area contributed by atoms with Crippen molar-refractivity contribution in [1.82, 2.24) is 0 Å². The van der Waals surface area contributed by atoms with Crippen molar-refractivity contribution in [1.29, 1.82) is 0 Å². The van der Waals surface area contributed by atoms with E-state index in [2.05, 4.69) is 53.3 Å². The summed E-state index contributed by atoms with van der Waals surface area (Å²) >= 11 is 0. The molecular formula is C17H22O2. The fourth-order valence-electron chi connectivity index (χ4n) is 1.26. The molecule has 2 aromatic rings. The average Bonchev–Trinajstić information content (AvgIpc) is 2.51. The largest absolute Gasteiger partial charge is 0.469 e. The van der Waals surface area contributed by atoms with E-state index in [-0.39, 0.29) is 5.97 Å². The Bertz CT molecular complexity index is 398. The second kappa shape index (κ2) is 11.0. The molecule has 2 nitrogen and oxygen atoms in total. The number of ether oxygens (including phenoxy) is 1. The summed E-state index contributed by atoms with van der Waals surface area (Å²) in [5.41, 5.74) is 2.55. The molecule has 19 heavy (non-hydrogen) atoms. The number of hydrogen-bond acceptors (Lipinski definition) is 2. The number of methoxy groups -OCH3 is 1. The first-order valence-corrected chi connectivity index (χ1v) is 6.39. The van der Waals surface area contributed by atoms with Crippen molar-refractivity contribution in [3.05, 3.63) is 60.7 Å². The summed E-state index contributed by atoms with van der Waals surface area (Å²) in [7, 11) is 1.35. The topological polar surface area (TPSA) is 26.3 Å². The summed E-state index contributed by atoms with van der Waals surface area (Å²) < 4.78 is 4.11. The molecule has 0 heterocycles. The van der Waals surface area contributed by atoms with Crippen LogP contribution in [0.1, 0.15) is 20.8 Å². The molecule has 0 atom stereocenters. The Labute approximate surface area is 116 Å². The maximum absolute atomic E-state index is 9.59. The lowest BCUT2D eigenvalue weighted by Gasteiger charge is -1.98. The highest BCUT2D eigenvalue weighted by Crippen LogP contribution is 2.17. The van der Waals surface area contributed by atoms with Crippen LogP contribution in [0, 0.1) is 0 Å². The average molecular weight is 258 g/mol. The van der Waals surface area contributed by atoms with Crippen LogP contribution >= 0.6 is 0 Å². The number of benzene rings is 2. The summed E-state index contributed by atoms with van der Waals surface area (Å²) in [5.74, 6) is -0.245. The first kappa shape index (κ1) is 16.9. The van der Waals surface area contributed by atoms with Gasteiger partial charge in [-0.25, -0.2) is 0 Å². The zero-order chi connectivity index (χ0) is 14.5. The van der Waals surface area contributed by atoms with Gasteiger partial charge in [-0.3, -0.25) is 4.79 Å². The van der Waals surface area contributed by atoms with Crippen LogP contribution in [0.15, 0.2) is 60.7 Å². The Hall–Kier alpha value is -2.09. The SMILES string of the molecule is CC.COC(C)=O.c1ccc(-c2ccccc2)cc1. The van der Waals surface area contributed by atoms with Crippen LogP contribution in [0.5, 0.6) is 0 Å². The lowest BCUT2D eigenvalue weighted by atomic mass is 10.1. The second-order valence-corrected chi connectivity index (χ2v) is 3.43. The van der Waals surface area contributed by atoms with Gasteiger partial charge in [-0.15, -0.1) is 0 Å². The molecule has 0 aliphatic heterocycles. The molecule has 102 valence electrons. The van der Waals surface area contributed by atoms with Gasteiger partial charge in [0.25, 0.3) is 0 Å². The number of carbonyl (C=O) groups excluding carboxylic acids is 1. The van der Waals surface area contributed by atoms with Crippen molar-refractivity contribution in [3.63, 3.8) is 0 Å². The fraction of sp³-hybridized carbons (Fsp3) is 0.235. The zero-order valence-corrected chi connectivity index (χ0v) is 12.1. The predicted molar refractivity (Wildman–Crippen MR) is 80.9 cm³/mol. The molecule has 0 fully saturated rings. The highest BCUT2D eigenvalue weighted by atomic mass is 16.5. The molecule has 2 aromatic carbocycles. The van der Waals surface area contributed by atoms with E-state index < -0.39 is 0 Å². The minimum Gasteiger partial charge on any atom is -0.469 e. The van der Waals surface area contributed by atoms with E-state index in [9.17, 15) is 4.79 Å². The summed E-state index contributed by atoms with van der Waals surface area (Å²) in [6.07, 6.45) is 0. The van der Waals surface area contributed by atoms with Crippen molar-refractivity contribution in [2.45, 2.75) is 20.8 Å². The van der Waals surface area contributed by atoms with Crippen LogP contribution < -0.4 is 0 Å². The van der Waals surface area contributed by atoms with E-state index in [1.54, 1.807) is 0 Å². The van der Waals surface area contributed by atoms with Gasteiger partial charge in [0, 0.05) is 6.92 Å². The van der Waals surface area contributed by atoms with Crippen LogP contribution in [0.25, 0.3) is 11.1 Å². The normalized spacial score (nSPS) is 8.21. The summed E-state index contributed by atoms with van der Waals surface area (Å²) in [6.45, 7) is 5.36. The molecule has 0 aromatic heterocycles. The minimum absolute atomic E-state index is 0.245. The quantitative estimate of drug-likeness (QED) is 0.701. The highest BCUT2D eigenvalue weighted by Gasteiger charge is 1.91. The third-order valence-electron chi connectivity index (χ3n) is 2.17. The van der Waals surface area contributed by atoms with Crippen LogP contribution in [-0.4, -0.2) is 13.1 Å². The molecule has 0 N–H and O–H groups in total. The van der Waals surface area contributed by atoms with E-state index in [0.717, 1.165) is 0 Å². The van der Waals surface area contributed by atoms with Crippen molar-refractivity contribution in [3.8, 4) is 11.1 Å². The lowest BCUT2D eigenvalue weighted by Crippen LogP contribution is -1.88. The number of hydrogen-bond donors (Lipinski definition) is 0. The van der Waals surface area contributed by atoms with Crippen LogP contribution in [-0.2, 0) is 9.53 Å². The van der Waals surface area contributed by atoms with Gasteiger partial charge in [0.15, 0.2) is 0 Å². The molecule has 0 amide bonds. The first-order chi connectivity index (χ1) is 9.24. The maximum atomic E-state index is 9.59. The van der Waals surface area contributed by atoms with Gasteiger partial charge in [-0.05, 0) is 11.1 Å². The van der Waals surface area contributed by atoms with Crippen LogP contribution in [0.2, 0.25) is 0 Å². The smallest absolute Gasteiger partial charge is 0.302 e. The molecule has 0 aliphatic rings. The number of esters is 1. The number of carbonyl (C=O) groups is 1. The van der Waals surface area contributed by atoms with Crippen LogP contribution in [0.4, 0.5) is 0 Å². The standard InChI is InChI=1S/C12H10.C3H6O2.C2H6/c1-3-7-11(8-4-1)12-9-5-2-6-10-12;1-3(4)5-2;1-2/h1-10H;1-2H3;1-2H3. The maximum Gasteiger partial charge on any atom is 0.302 e. The van der Waals surface area contributed by atoms with E-state index in [1.807, 2.05) is 26.0 Å². The van der Waals surface area contributed by atoms with Crippen LogP contribution in [0.3, 0.4) is 0 Å². The summed E-state index contributed by atoms with van der Waals surface area (Å²) in [5, 5.41) is 0. The third kappa shape index (κ3) is 7.77. The van der Waals surface area contributed by atoms with E-state index in [4.69, 9.17) is 0 Å². The molecule has 0 aliphatic carbocycles. The lowest BCUT2D eigenvalue weighted by molar-refractivity contribution is -0.137. The second-order valence-electron chi connectivity index (χ2n) is 3.43. The molecule has 0 unspecified atom stereocenters. The Morgan fingerprint density at radius 2 is 1.05 bits per heavy atom. The van der Waals surface area contributed by atoms with Gasteiger partial charge in [-0.2, -0.15) is 0 Å². The molecule has 0 spiro atoms. The Morgan fingerprint density at radius 3 is 1.26 bits per heavy atom. The number of rotatable bonds is 1. The van der Waals surface area contributed by atoms with Gasteiger partial charge in [0.05, 0.1) is 7.11 Å². The van der Waals surface area contributed by atoms with Crippen molar-refractivity contribution in [2.24, 2.45) is 0 Å². The Kier molecular flexibility index (Phi) is 9.81. The van der Waals surface area contributed by atoms with E-state index >= 15 is 0 Å². The summed E-state index contributed by atoms with van der Waals surface area (Å²) in [6, 6.07) is 20.8. The predicted octanol–water partition coefficient (Wildman–Crippen LogP) is 4.56. The molecular weight excluding hydrogens is 236 g/mol. The van der Waals surface area contributed by atoms with Gasteiger partial charge in [-0.1, -0.05) is 74.5 Å². The Morgan fingerprint density at radius 1 is 0.789 bits per heavy atom. The van der Waals surface area contributed by atoms with E-state index in [0.29, 0.717) is 0 Å². The molecule has 0 bridgehead atoms. The van der Waals surface area contributed by atoms with Gasteiger partial charge < -0.3 is 4.74 Å². The minimum atomic E-state index is -0.245. The fourth-order valence-corrected chi connectivity index (χ4v) is 1.26. The third-order valence-corrected chi connectivity index (χ3v) is 2.17. The van der Waals surface area contributed by atoms with Crippen molar-refractivity contribution < 1.29 is 9.53 Å². The first-order valence-electron chi connectivity index (χ1n) is 6.39. The molecule has 0 saturated heterocycles. The molecule has 0 radical (unpaired) electrons. The van der Waals surface area contributed by atoms with Crippen molar-refractivity contribution in [2.75, 3.05) is 7.11 Å². The van der Waals surface area contributed by atoms with Gasteiger partial charge in [0.2, 0.25) is 0 Å². The Balaban J connectivity index is 0.000000396. The van der Waals surface area contributed by atoms with E-state index in [1.165, 1.54) is 25.2 Å². The van der Waals surface area contributed by atoms with Gasteiger partial charge >= 0.3 is 5.97 Å². The van der Waals surface area contributed by atoms with Gasteiger partial charge in [0.1, 0.15) is 0 Å². The van der Waals surface area contributed by atoms with Crippen molar-refractivity contribution >= 4 is 5.97 Å². The molecule has 0 saturated carbocycles. The molecule has 2 heteroatoms. The monoisotopic (exact) mass is 258 g/mol. The molecule has 2 rings (SSSR count). The zero-order valence-electron chi connectivity index (χ0n) is 12.1. The summed E-state index contributed by atoms with van der Waals surface area (Å²) in [4.78, 5) is 9.59. The highest BCUT2D eigenvalue weighted by molar-refractivity contribution is 5.65.